The predicted molar refractivity (Wildman–Crippen MR) is 87.3 cm³/mol. The quantitative estimate of drug-likeness (QED) is 0.852. The van der Waals surface area contributed by atoms with Crippen molar-refractivity contribution in [2.75, 3.05) is 13.7 Å². The van der Waals surface area contributed by atoms with E-state index in [1.807, 2.05) is 7.11 Å². The van der Waals surface area contributed by atoms with Crippen LogP contribution in [0.25, 0.3) is 0 Å². The lowest BCUT2D eigenvalue weighted by Gasteiger charge is -2.36. The molecule has 2 nitrogen and oxygen atoms in total. The molecule has 0 aromatic heterocycles. The van der Waals surface area contributed by atoms with Gasteiger partial charge in [0, 0.05) is 13.2 Å². The molecule has 0 aliphatic rings. The highest BCUT2D eigenvalue weighted by atomic mass is 16.5. The molecule has 0 aliphatic heterocycles. The van der Waals surface area contributed by atoms with E-state index in [0.717, 1.165) is 13.0 Å². The molecule has 0 amide bonds. The van der Waals surface area contributed by atoms with Crippen molar-refractivity contribution in [3.63, 3.8) is 0 Å². The highest BCUT2D eigenvalue weighted by Crippen LogP contribution is 2.26. The molecule has 1 aromatic carbocycles. The zero-order valence-electron chi connectivity index (χ0n) is 14.2. The normalized spacial score (nSPS) is 15.2. The van der Waals surface area contributed by atoms with Crippen LogP contribution in [0, 0.1) is 19.3 Å². The molecule has 0 bridgehead atoms. The van der Waals surface area contributed by atoms with E-state index in [4.69, 9.17) is 4.74 Å². The van der Waals surface area contributed by atoms with Crippen molar-refractivity contribution in [1.82, 2.24) is 5.32 Å². The molecule has 2 heteroatoms. The Morgan fingerprint density at radius 1 is 1.10 bits per heavy atom. The van der Waals surface area contributed by atoms with E-state index in [9.17, 15) is 0 Å². The van der Waals surface area contributed by atoms with Crippen molar-refractivity contribution < 1.29 is 4.74 Å². The average molecular weight is 277 g/mol. The fourth-order valence-electron chi connectivity index (χ4n) is 3.11. The molecule has 1 aromatic rings. The van der Waals surface area contributed by atoms with Crippen molar-refractivity contribution in [2.45, 2.75) is 60.1 Å². The molecule has 2 atom stereocenters. The van der Waals surface area contributed by atoms with E-state index in [1.165, 1.54) is 16.7 Å². The number of likely N-dealkylation sites (N-methyl/N-ethyl adjacent to an activating group) is 1. The molecule has 0 saturated heterocycles. The lowest BCUT2D eigenvalue weighted by molar-refractivity contribution is -0.0106. The van der Waals surface area contributed by atoms with Crippen molar-refractivity contribution in [3.05, 3.63) is 34.9 Å². The van der Waals surface area contributed by atoms with Gasteiger partial charge in [0.25, 0.3) is 0 Å². The first-order valence-corrected chi connectivity index (χ1v) is 7.61. The molecule has 0 saturated carbocycles. The van der Waals surface area contributed by atoms with Gasteiger partial charge in [-0.1, -0.05) is 57.0 Å². The molecular weight excluding hydrogens is 246 g/mol. The topological polar surface area (TPSA) is 21.3 Å². The van der Waals surface area contributed by atoms with Crippen LogP contribution in [0.4, 0.5) is 0 Å². The highest BCUT2D eigenvalue weighted by molar-refractivity contribution is 5.29. The van der Waals surface area contributed by atoms with Gasteiger partial charge < -0.3 is 10.1 Å². The van der Waals surface area contributed by atoms with Crippen LogP contribution in [0.5, 0.6) is 0 Å². The van der Waals surface area contributed by atoms with Gasteiger partial charge in [0.05, 0.1) is 6.10 Å². The van der Waals surface area contributed by atoms with E-state index < -0.39 is 0 Å². The van der Waals surface area contributed by atoms with Crippen LogP contribution in [0.3, 0.4) is 0 Å². The van der Waals surface area contributed by atoms with Gasteiger partial charge in [-0.15, -0.1) is 0 Å². The van der Waals surface area contributed by atoms with Crippen molar-refractivity contribution in [1.29, 1.82) is 0 Å². The number of nitrogens with one attached hydrogen (secondary N) is 1. The second-order valence-corrected chi connectivity index (χ2v) is 6.89. The van der Waals surface area contributed by atoms with E-state index in [0.29, 0.717) is 6.04 Å². The summed E-state index contributed by atoms with van der Waals surface area (Å²) in [5, 5.41) is 3.60. The van der Waals surface area contributed by atoms with Crippen LogP contribution in [-0.4, -0.2) is 25.8 Å². The summed E-state index contributed by atoms with van der Waals surface area (Å²) in [7, 11) is 1.82. The second kappa shape index (κ2) is 7.24. The van der Waals surface area contributed by atoms with Gasteiger partial charge in [-0.2, -0.15) is 0 Å². The van der Waals surface area contributed by atoms with Crippen molar-refractivity contribution in [3.8, 4) is 0 Å². The first kappa shape index (κ1) is 17.2. The maximum absolute atomic E-state index is 5.80. The summed E-state index contributed by atoms with van der Waals surface area (Å²) in [6.07, 6.45) is 1.20. The molecule has 1 rings (SSSR count). The molecule has 0 fully saturated rings. The first-order chi connectivity index (χ1) is 9.27. The summed E-state index contributed by atoms with van der Waals surface area (Å²) in [6, 6.07) is 7.13. The molecule has 1 N–H and O–H groups in total. The summed E-state index contributed by atoms with van der Waals surface area (Å²) >= 11 is 0. The lowest BCUT2D eigenvalue weighted by atomic mass is 9.82. The summed E-state index contributed by atoms with van der Waals surface area (Å²) in [4.78, 5) is 0. The maximum Gasteiger partial charge on any atom is 0.0775 e. The Hall–Kier alpha value is -0.860. The summed E-state index contributed by atoms with van der Waals surface area (Å²) in [5.41, 5.74) is 4.18. The maximum atomic E-state index is 5.80. The van der Waals surface area contributed by atoms with Gasteiger partial charge >= 0.3 is 0 Å². The average Bonchev–Trinajstić information content (AvgIpc) is 2.26. The number of benzene rings is 1. The predicted octanol–water partition coefficient (Wildman–Crippen LogP) is 3.89. The van der Waals surface area contributed by atoms with Crippen LogP contribution in [-0.2, 0) is 11.2 Å². The molecule has 0 aliphatic carbocycles. The Bertz CT molecular complexity index is 400. The third kappa shape index (κ3) is 4.92. The van der Waals surface area contributed by atoms with Crippen molar-refractivity contribution in [2.24, 2.45) is 5.41 Å². The van der Waals surface area contributed by atoms with Gasteiger partial charge in [0.15, 0.2) is 0 Å². The zero-order chi connectivity index (χ0) is 15.3. The van der Waals surface area contributed by atoms with E-state index in [1.54, 1.807) is 0 Å². The fraction of sp³-hybridized carbons (Fsp3) is 0.667. The van der Waals surface area contributed by atoms with Crippen molar-refractivity contribution >= 4 is 0 Å². The molecule has 0 spiro atoms. The van der Waals surface area contributed by atoms with Gasteiger partial charge in [-0.3, -0.25) is 0 Å². The fourth-order valence-corrected chi connectivity index (χ4v) is 3.11. The smallest absolute Gasteiger partial charge is 0.0775 e. The zero-order valence-corrected chi connectivity index (χ0v) is 14.2. The standard InChI is InChI=1S/C18H31NO/c1-8-19-16(17(20-7)18(4,5)6)12-15-10-13(2)9-14(3)11-15/h9-11,16-17,19H,8,12H2,1-7H3. The third-order valence-electron chi connectivity index (χ3n) is 3.68. The van der Waals surface area contributed by atoms with Crippen LogP contribution in [0.2, 0.25) is 0 Å². The van der Waals surface area contributed by atoms with E-state index in [2.05, 4.69) is 65.1 Å². The molecule has 114 valence electrons. The first-order valence-electron chi connectivity index (χ1n) is 7.61. The summed E-state index contributed by atoms with van der Waals surface area (Å²) in [6.45, 7) is 14.2. The summed E-state index contributed by atoms with van der Waals surface area (Å²) < 4.78 is 5.80. The van der Waals surface area contributed by atoms with Gasteiger partial charge in [0.2, 0.25) is 0 Å². The Labute approximate surface area is 124 Å². The molecule has 2 unspecified atom stereocenters. The molecule has 0 radical (unpaired) electrons. The minimum atomic E-state index is 0.125. The number of aryl methyl sites for hydroxylation is 2. The second-order valence-electron chi connectivity index (χ2n) is 6.89. The number of rotatable bonds is 6. The Morgan fingerprint density at radius 3 is 2.05 bits per heavy atom. The number of hydrogen-bond acceptors (Lipinski definition) is 2. The van der Waals surface area contributed by atoms with Crippen LogP contribution >= 0.6 is 0 Å². The minimum absolute atomic E-state index is 0.125. The van der Waals surface area contributed by atoms with Crippen LogP contribution in [0.1, 0.15) is 44.4 Å². The van der Waals surface area contributed by atoms with Crippen LogP contribution in [0.15, 0.2) is 18.2 Å². The van der Waals surface area contributed by atoms with Crippen LogP contribution < -0.4 is 5.32 Å². The van der Waals surface area contributed by atoms with E-state index in [-0.39, 0.29) is 11.5 Å². The highest BCUT2D eigenvalue weighted by Gasteiger charge is 2.31. The minimum Gasteiger partial charge on any atom is -0.379 e. The van der Waals surface area contributed by atoms with Gasteiger partial charge in [-0.25, -0.2) is 0 Å². The SMILES string of the molecule is CCNC(Cc1cc(C)cc(C)c1)C(OC)C(C)(C)C. The number of hydrogen-bond donors (Lipinski definition) is 1. The van der Waals surface area contributed by atoms with E-state index >= 15 is 0 Å². The Kier molecular flexibility index (Phi) is 6.22. The Balaban J connectivity index is 2.96. The summed E-state index contributed by atoms with van der Waals surface area (Å²) in [5.74, 6) is 0. The number of methoxy groups -OCH3 is 1. The lowest BCUT2D eigenvalue weighted by Crippen LogP contribution is -2.49. The molecule has 0 heterocycles. The largest absolute Gasteiger partial charge is 0.379 e. The third-order valence-corrected chi connectivity index (χ3v) is 3.68. The molecule has 20 heavy (non-hydrogen) atoms. The monoisotopic (exact) mass is 277 g/mol. The van der Waals surface area contributed by atoms with Gasteiger partial charge in [0.1, 0.15) is 0 Å². The number of ether oxygens (including phenoxy) is 1. The van der Waals surface area contributed by atoms with Gasteiger partial charge in [-0.05, 0) is 37.8 Å². The Morgan fingerprint density at radius 2 is 1.65 bits per heavy atom. The molecular formula is C18H31NO.